The van der Waals surface area contributed by atoms with Crippen molar-refractivity contribution in [1.82, 2.24) is 20.9 Å². The summed E-state index contributed by atoms with van der Waals surface area (Å²) in [5.41, 5.74) is 3.74. The molecule has 0 radical (unpaired) electrons. The largest absolute Gasteiger partial charge is 0.354 e. The molecule has 2 heterocycles. The van der Waals surface area contributed by atoms with Gasteiger partial charge in [-0.25, -0.2) is 9.98 Å². The normalized spacial score (nSPS) is 23.1. The van der Waals surface area contributed by atoms with Crippen LogP contribution < -0.4 is 16.0 Å². The lowest BCUT2D eigenvalue weighted by Crippen LogP contribution is -2.28. The van der Waals surface area contributed by atoms with E-state index in [4.69, 9.17) is 4.99 Å². The maximum atomic E-state index is 4.80. The van der Waals surface area contributed by atoms with Crippen LogP contribution in [0.4, 0.5) is 5.69 Å². The number of hydrogen-bond donors (Lipinski definition) is 3. The topological polar surface area (TPSA) is 64.0 Å². The molecule has 1 aliphatic carbocycles. The number of aryl methyl sites for hydroxylation is 1. The quantitative estimate of drug-likeness (QED) is 0.747. The second-order valence-electron chi connectivity index (χ2n) is 7.22. The maximum Gasteiger partial charge on any atom is 0.196 e. The fraction of sp³-hybridized carbons (Fsp3) is 0.429. The standard InChI is InChI=1S/C21H28N6/c1-27-15-14-24-21(27)26-19-10-6-17(7-11-19)3-2-16-4-8-18(9-5-16)25-20-22-12-13-23-20/h4-10,19H,2-3,11-15H2,1H3,(H,24,26)(H2,22,23,25). The van der Waals surface area contributed by atoms with Crippen LogP contribution in [0.1, 0.15) is 18.4 Å². The molecule has 1 atom stereocenters. The van der Waals surface area contributed by atoms with E-state index in [1.807, 2.05) is 0 Å². The number of nitrogens with zero attached hydrogens (tertiary/aromatic N) is 3. The van der Waals surface area contributed by atoms with E-state index in [-0.39, 0.29) is 6.04 Å². The van der Waals surface area contributed by atoms with E-state index in [1.165, 1.54) is 11.1 Å². The molecule has 6 heteroatoms. The highest BCUT2D eigenvalue weighted by atomic mass is 15.3. The zero-order chi connectivity index (χ0) is 18.5. The van der Waals surface area contributed by atoms with Gasteiger partial charge in [-0.3, -0.25) is 0 Å². The van der Waals surface area contributed by atoms with Gasteiger partial charge in [0.25, 0.3) is 0 Å². The highest BCUT2D eigenvalue weighted by Gasteiger charge is 2.15. The van der Waals surface area contributed by atoms with Crippen molar-refractivity contribution in [3.05, 3.63) is 53.6 Å². The first kappa shape index (κ1) is 17.6. The molecular weight excluding hydrogens is 336 g/mol. The summed E-state index contributed by atoms with van der Waals surface area (Å²) in [6.07, 6.45) is 9.91. The second kappa shape index (κ2) is 8.29. The van der Waals surface area contributed by atoms with Crippen molar-refractivity contribution in [3.63, 3.8) is 0 Å². The Hall–Kier alpha value is -2.76. The van der Waals surface area contributed by atoms with Gasteiger partial charge in [0.1, 0.15) is 0 Å². The minimum absolute atomic E-state index is 0.257. The summed E-state index contributed by atoms with van der Waals surface area (Å²) in [7, 11) is 2.09. The molecule has 0 spiro atoms. The first-order valence-corrected chi connectivity index (χ1v) is 9.82. The third-order valence-corrected chi connectivity index (χ3v) is 5.12. The maximum absolute atomic E-state index is 4.80. The van der Waals surface area contributed by atoms with Gasteiger partial charge in [-0.2, -0.15) is 0 Å². The van der Waals surface area contributed by atoms with E-state index < -0.39 is 0 Å². The second-order valence-corrected chi connectivity index (χ2v) is 7.22. The monoisotopic (exact) mass is 364 g/mol. The lowest BCUT2D eigenvalue weighted by Gasteiger charge is -2.16. The molecule has 0 aromatic heterocycles. The molecule has 0 saturated carbocycles. The average Bonchev–Trinajstić information content (AvgIpc) is 3.35. The highest BCUT2D eigenvalue weighted by molar-refractivity contribution is 5.84. The number of benzene rings is 1. The number of hydrogen-bond acceptors (Lipinski definition) is 2. The zero-order valence-electron chi connectivity index (χ0n) is 15.9. The first-order valence-electron chi connectivity index (χ1n) is 9.82. The van der Waals surface area contributed by atoms with Gasteiger partial charge in [-0.15, -0.1) is 0 Å². The van der Waals surface area contributed by atoms with E-state index in [9.17, 15) is 0 Å². The molecule has 6 nitrogen and oxygen atoms in total. The molecule has 2 saturated heterocycles. The van der Waals surface area contributed by atoms with Gasteiger partial charge < -0.3 is 20.9 Å². The highest BCUT2D eigenvalue weighted by Crippen LogP contribution is 2.20. The van der Waals surface area contributed by atoms with Gasteiger partial charge in [0.05, 0.1) is 11.7 Å². The zero-order valence-corrected chi connectivity index (χ0v) is 15.9. The minimum atomic E-state index is 0.257. The van der Waals surface area contributed by atoms with E-state index in [1.54, 1.807) is 0 Å². The van der Waals surface area contributed by atoms with E-state index in [0.717, 1.165) is 63.0 Å². The molecule has 1 aromatic carbocycles. The Morgan fingerprint density at radius 1 is 1.04 bits per heavy atom. The summed E-state index contributed by atoms with van der Waals surface area (Å²) in [5.74, 6) is 1.89. The van der Waals surface area contributed by atoms with Crippen LogP contribution in [0.25, 0.3) is 0 Å². The van der Waals surface area contributed by atoms with Crippen molar-refractivity contribution in [3.8, 4) is 0 Å². The van der Waals surface area contributed by atoms with Gasteiger partial charge in [0.15, 0.2) is 11.9 Å². The Morgan fingerprint density at radius 2 is 1.85 bits per heavy atom. The lowest BCUT2D eigenvalue weighted by molar-refractivity contribution is 0.557. The number of allylic oxidation sites excluding steroid dienone is 2. The third-order valence-electron chi connectivity index (χ3n) is 5.12. The lowest BCUT2D eigenvalue weighted by atomic mass is 9.98. The van der Waals surface area contributed by atoms with Crippen LogP contribution in [-0.2, 0) is 6.42 Å². The smallest absolute Gasteiger partial charge is 0.196 e. The first-order chi connectivity index (χ1) is 13.3. The molecule has 0 bridgehead atoms. The SMILES string of the molecule is CN1CCN/C1=N\C1C=CC(CCc2ccc(N=C3NCCN3)cc2)=CC1. The van der Waals surface area contributed by atoms with Gasteiger partial charge in [0.2, 0.25) is 0 Å². The number of likely N-dealkylation sites (N-methyl/N-ethyl adjacent to an activating group) is 1. The minimum Gasteiger partial charge on any atom is -0.354 e. The summed E-state index contributed by atoms with van der Waals surface area (Å²) in [6, 6.07) is 8.79. The van der Waals surface area contributed by atoms with Crippen molar-refractivity contribution in [1.29, 1.82) is 0 Å². The van der Waals surface area contributed by atoms with Crippen molar-refractivity contribution in [2.45, 2.75) is 25.3 Å². The molecule has 1 unspecified atom stereocenters. The van der Waals surface area contributed by atoms with Crippen LogP contribution in [-0.4, -0.2) is 56.1 Å². The third kappa shape index (κ3) is 4.70. The predicted octanol–water partition coefficient (Wildman–Crippen LogP) is 1.95. The van der Waals surface area contributed by atoms with Crippen molar-refractivity contribution >= 4 is 17.6 Å². The van der Waals surface area contributed by atoms with Gasteiger partial charge in [-0.05, 0) is 37.0 Å². The Bertz CT molecular complexity index is 766. The molecule has 1 aromatic rings. The molecule has 0 amide bonds. The van der Waals surface area contributed by atoms with E-state index in [2.05, 4.69) is 75.4 Å². The van der Waals surface area contributed by atoms with Crippen LogP contribution in [0.2, 0.25) is 0 Å². The van der Waals surface area contributed by atoms with Gasteiger partial charge in [-0.1, -0.05) is 35.9 Å². The van der Waals surface area contributed by atoms with Gasteiger partial charge >= 0.3 is 0 Å². The molecule has 27 heavy (non-hydrogen) atoms. The van der Waals surface area contributed by atoms with Crippen molar-refractivity contribution < 1.29 is 0 Å². The summed E-state index contributed by atoms with van der Waals surface area (Å²) in [5, 5.41) is 9.79. The summed E-state index contributed by atoms with van der Waals surface area (Å²) < 4.78 is 0. The molecule has 4 rings (SSSR count). The molecule has 3 aliphatic rings. The number of nitrogens with one attached hydrogen (secondary N) is 3. The summed E-state index contributed by atoms with van der Waals surface area (Å²) in [6.45, 7) is 3.92. The van der Waals surface area contributed by atoms with E-state index in [0.29, 0.717) is 0 Å². The average molecular weight is 364 g/mol. The molecule has 2 aliphatic heterocycles. The molecule has 2 fully saturated rings. The summed E-state index contributed by atoms with van der Waals surface area (Å²) in [4.78, 5) is 11.5. The Morgan fingerprint density at radius 3 is 2.52 bits per heavy atom. The Balaban J connectivity index is 1.27. The van der Waals surface area contributed by atoms with Crippen LogP contribution >= 0.6 is 0 Å². The number of aliphatic imine (C=N–C) groups is 2. The predicted molar refractivity (Wildman–Crippen MR) is 112 cm³/mol. The fourth-order valence-electron chi connectivity index (χ4n) is 3.47. The molecule has 3 N–H and O–H groups in total. The van der Waals surface area contributed by atoms with Crippen molar-refractivity contribution in [2.75, 3.05) is 33.2 Å². The molecule has 142 valence electrons. The van der Waals surface area contributed by atoms with Crippen LogP contribution in [0.5, 0.6) is 0 Å². The Labute approximate surface area is 161 Å². The number of rotatable bonds is 5. The van der Waals surface area contributed by atoms with Crippen LogP contribution in [0.3, 0.4) is 0 Å². The number of guanidine groups is 2. The van der Waals surface area contributed by atoms with E-state index >= 15 is 0 Å². The van der Waals surface area contributed by atoms with Crippen molar-refractivity contribution in [2.24, 2.45) is 9.98 Å². The fourth-order valence-corrected chi connectivity index (χ4v) is 3.47. The molecular formula is C21H28N6. The van der Waals surface area contributed by atoms with Crippen LogP contribution in [0.15, 0.2) is 58.1 Å². The van der Waals surface area contributed by atoms with Gasteiger partial charge in [0, 0.05) is 33.2 Å². The summed E-state index contributed by atoms with van der Waals surface area (Å²) >= 11 is 0. The van der Waals surface area contributed by atoms with Crippen LogP contribution in [0, 0.1) is 0 Å². The Kier molecular flexibility index (Phi) is 5.42.